The van der Waals surface area contributed by atoms with Gasteiger partial charge in [0, 0.05) is 25.3 Å². The van der Waals surface area contributed by atoms with Gasteiger partial charge in [-0.25, -0.2) is 0 Å². The molecule has 0 aromatic heterocycles. The van der Waals surface area contributed by atoms with Crippen molar-refractivity contribution in [3.05, 3.63) is 0 Å². The fourth-order valence-corrected chi connectivity index (χ4v) is 2.26. The summed E-state index contributed by atoms with van der Waals surface area (Å²) in [6.45, 7) is 5.21. The van der Waals surface area contributed by atoms with Gasteiger partial charge in [-0.3, -0.25) is 0 Å². The molecule has 1 rings (SSSR count). The lowest BCUT2D eigenvalue weighted by atomic mass is 9.97. The molecule has 90 valence electrons. The van der Waals surface area contributed by atoms with E-state index in [4.69, 9.17) is 9.84 Å². The van der Waals surface area contributed by atoms with Crippen molar-refractivity contribution in [2.24, 2.45) is 5.92 Å². The molecule has 0 saturated heterocycles. The van der Waals surface area contributed by atoms with E-state index in [2.05, 4.69) is 19.2 Å². The molecule has 2 unspecified atom stereocenters. The van der Waals surface area contributed by atoms with Gasteiger partial charge in [-0.05, 0) is 32.6 Å². The van der Waals surface area contributed by atoms with Crippen LogP contribution < -0.4 is 5.32 Å². The van der Waals surface area contributed by atoms with Gasteiger partial charge in [0.2, 0.25) is 0 Å². The van der Waals surface area contributed by atoms with Gasteiger partial charge in [0.15, 0.2) is 0 Å². The lowest BCUT2D eigenvalue weighted by molar-refractivity contribution is 0.0899. The van der Waals surface area contributed by atoms with E-state index in [1.165, 1.54) is 19.3 Å². The Bertz CT molecular complexity index is 174. The molecule has 1 fully saturated rings. The molecular formula is C12H25NO2. The van der Waals surface area contributed by atoms with Crippen LogP contribution in [0.4, 0.5) is 0 Å². The maximum Gasteiger partial charge on any atom is 0.0642 e. The molecule has 15 heavy (non-hydrogen) atoms. The first-order valence-corrected chi connectivity index (χ1v) is 5.97. The van der Waals surface area contributed by atoms with Crippen LogP contribution in [-0.4, -0.2) is 37.0 Å². The quantitative estimate of drug-likeness (QED) is 0.645. The SMILES string of the molecule is COCC(C)(CCO)NC(C)CC1CC1. The van der Waals surface area contributed by atoms with Crippen LogP contribution in [0.25, 0.3) is 0 Å². The van der Waals surface area contributed by atoms with Crippen LogP contribution in [0.3, 0.4) is 0 Å². The van der Waals surface area contributed by atoms with Crippen LogP contribution in [-0.2, 0) is 4.74 Å². The lowest BCUT2D eigenvalue weighted by Gasteiger charge is -2.33. The molecule has 0 heterocycles. The van der Waals surface area contributed by atoms with Crippen LogP contribution in [0, 0.1) is 5.92 Å². The Balaban J connectivity index is 2.33. The van der Waals surface area contributed by atoms with Gasteiger partial charge in [-0.2, -0.15) is 0 Å². The largest absolute Gasteiger partial charge is 0.396 e. The van der Waals surface area contributed by atoms with Crippen molar-refractivity contribution in [1.29, 1.82) is 0 Å². The molecule has 0 radical (unpaired) electrons. The number of aliphatic hydroxyl groups is 1. The van der Waals surface area contributed by atoms with E-state index in [9.17, 15) is 0 Å². The van der Waals surface area contributed by atoms with Gasteiger partial charge < -0.3 is 15.2 Å². The predicted octanol–water partition coefficient (Wildman–Crippen LogP) is 1.55. The summed E-state index contributed by atoms with van der Waals surface area (Å²) in [6.07, 6.45) is 4.79. The standard InChI is InChI=1S/C12H25NO2/c1-10(8-11-4-5-11)13-12(2,6-7-14)9-15-3/h10-11,13-14H,4-9H2,1-3H3. The summed E-state index contributed by atoms with van der Waals surface area (Å²) in [7, 11) is 1.71. The van der Waals surface area contributed by atoms with Gasteiger partial charge in [0.1, 0.15) is 0 Å². The second-order valence-corrected chi connectivity index (χ2v) is 5.19. The van der Waals surface area contributed by atoms with E-state index in [-0.39, 0.29) is 12.1 Å². The second-order valence-electron chi connectivity index (χ2n) is 5.19. The third-order valence-electron chi connectivity index (χ3n) is 3.11. The predicted molar refractivity (Wildman–Crippen MR) is 61.9 cm³/mol. The highest BCUT2D eigenvalue weighted by Gasteiger charge is 2.29. The van der Waals surface area contributed by atoms with Gasteiger partial charge in [0.25, 0.3) is 0 Å². The van der Waals surface area contributed by atoms with Crippen molar-refractivity contribution in [3.63, 3.8) is 0 Å². The minimum atomic E-state index is -0.0855. The molecule has 1 aliphatic carbocycles. The molecule has 2 N–H and O–H groups in total. The summed E-state index contributed by atoms with van der Waals surface area (Å²) in [4.78, 5) is 0. The topological polar surface area (TPSA) is 41.5 Å². The molecule has 0 aromatic rings. The van der Waals surface area contributed by atoms with Gasteiger partial charge in [0.05, 0.1) is 6.61 Å². The Kier molecular flexibility index (Phi) is 5.03. The number of methoxy groups -OCH3 is 1. The van der Waals surface area contributed by atoms with Gasteiger partial charge in [-0.15, -0.1) is 0 Å². The summed E-state index contributed by atoms with van der Waals surface area (Å²) in [5, 5.41) is 12.6. The molecule has 1 aliphatic rings. The van der Waals surface area contributed by atoms with E-state index in [0.717, 1.165) is 12.3 Å². The third kappa shape index (κ3) is 4.96. The summed E-state index contributed by atoms with van der Waals surface area (Å²) in [6, 6.07) is 0.518. The molecule has 2 atom stereocenters. The van der Waals surface area contributed by atoms with Crippen LogP contribution in [0.15, 0.2) is 0 Å². The van der Waals surface area contributed by atoms with Crippen molar-refractivity contribution in [1.82, 2.24) is 5.32 Å². The average molecular weight is 215 g/mol. The van der Waals surface area contributed by atoms with E-state index in [0.29, 0.717) is 12.6 Å². The van der Waals surface area contributed by atoms with Crippen LogP contribution in [0.5, 0.6) is 0 Å². The Morgan fingerprint density at radius 3 is 2.67 bits per heavy atom. The van der Waals surface area contributed by atoms with E-state index in [1.54, 1.807) is 7.11 Å². The monoisotopic (exact) mass is 215 g/mol. The highest BCUT2D eigenvalue weighted by Crippen LogP contribution is 2.33. The van der Waals surface area contributed by atoms with Crippen molar-refractivity contribution in [2.45, 2.75) is 51.1 Å². The molecule has 0 amide bonds. The fraction of sp³-hybridized carbons (Fsp3) is 1.00. The van der Waals surface area contributed by atoms with E-state index >= 15 is 0 Å². The highest BCUT2D eigenvalue weighted by molar-refractivity contribution is 4.87. The molecule has 0 aromatic carbocycles. The second kappa shape index (κ2) is 5.83. The average Bonchev–Trinajstić information content (AvgIpc) is 2.87. The minimum absolute atomic E-state index is 0.0855. The highest BCUT2D eigenvalue weighted by atomic mass is 16.5. The van der Waals surface area contributed by atoms with Crippen molar-refractivity contribution < 1.29 is 9.84 Å². The van der Waals surface area contributed by atoms with Crippen LogP contribution in [0.1, 0.15) is 39.5 Å². The Labute approximate surface area is 93.2 Å². The normalized spacial score (nSPS) is 22.4. The number of hydrogen-bond acceptors (Lipinski definition) is 3. The Hall–Kier alpha value is -0.120. The zero-order valence-electron chi connectivity index (χ0n) is 10.3. The summed E-state index contributed by atoms with van der Waals surface area (Å²) in [5.74, 6) is 0.938. The number of aliphatic hydroxyl groups excluding tert-OH is 1. The first kappa shape index (κ1) is 12.9. The number of nitrogens with one attached hydrogen (secondary N) is 1. The number of rotatable bonds is 8. The molecule has 1 saturated carbocycles. The summed E-state index contributed by atoms with van der Waals surface area (Å²) >= 11 is 0. The zero-order chi connectivity index (χ0) is 11.3. The fourth-order valence-electron chi connectivity index (χ4n) is 2.26. The van der Waals surface area contributed by atoms with E-state index in [1.807, 2.05) is 0 Å². The van der Waals surface area contributed by atoms with Crippen LogP contribution >= 0.6 is 0 Å². The number of ether oxygens (including phenoxy) is 1. The molecular weight excluding hydrogens is 190 g/mol. The Morgan fingerprint density at radius 1 is 1.53 bits per heavy atom. The molecule has 0 bridgehead atoms. The van der Waals surface area contributed by atoms with Gasteiger partial charge in [-0.1, -0.05) is 12.8 Å². The summed E-state index contributed by atoms with van der Waals surface area (Å²) < 4.78 is 5.21. The molecule has 0 spiro atoms. The lowest BCUT2D eigenvalue weighted by Crippen LogP contribution is -2.51. The summed E-state index contributed by atoms with van der Waals surface area (Å²) in [5.41, 5.74) is -0.0855. The zero-order valence-corrected chi connectivity index (χ0v) is 10.3. The van der Waals surface area contributed by atoms with E-state index < -0.39 is 0 Å². The van der Waals surface area contributed by atoms with Gasteiger partial charge >= 0.3 is 0 Å². The maximum atomic E-state index is 9.04. The first-order chi connectivity index (χ1) is 7.09. The minimum Gasteiger partial charge on any atom is -0.396 e. The smallest absolute Gasteiger partial charge is 0.0642 e. The molecule has 0 aliphatic heterocycles. The van der Waals surface area contributed by atoms with Crippen molar-refractivity contribution in [3.8, 4) is 0 Å². The van der Waals surface area contributed by atoms with Crippen molar-refractivity contribution in [2.75, 3.05) is 20.3 Å². The molecule has 3 heteroatoms. The third-order valence-corrected chi connectivity index (χ3v) is 3.11. The number of hydrogen-bond donors (Lipinski definition) is 2. The molecule has 3 nitrogen and oxygen atoms in total. The van der Waals surface area contributed by atoms with Crippen molar-refractivity contribution >= 4 is 0 Å². The Morgan fingerprint density at radius 2 is 2.20 bits per heavy atom. The maximum absolute atomic E-state index is 9.04. The first-order valence-electron chi connectivity index (χ1n) is 5.97. The van der Waals surface area contributed by atoms with Crippen LogP contribution in [0.2, 0.25) is 0 Å².